The smallest absolute Gasteiger partial charge is 0.258 e. The number of nitrogens with zero attached hydrogens (tertiary/aromatic N) is 2. The SMILES string of the molecule is Cc1ccc(Cn2nc(C)c(NC(=O)c3ccccc3F)c2C)cc1. The number of amides is 1. The molecule has 1 aromatic heterocycles. The normalized spacial score (nSPS) is 10.7. The molecule has 0 spiro atoms. The van der Waals surface area contributed by atoms with Gasteiger partial charge in [-0.05, 0) is 38.5 Å². The minimum atomic E-state index is -0.539. The van der Waals surface area contributed by atoms with Crippen LogP contribution in [0, 0.1) is 26.6 Å². The molecule has 0 fully saturated rings. The van der Waals surface area contributed by atoms with E-state index < -0.39 is 11.7 Å². The van der Waals surface area contributed by atoms with Crippen molar-refractivity contribution < 1.29 is 9.18 Å². The number of aromatic nitrogens is 2. The molecule has 0 aliphatic carbocycles. The molecule has 1 N–H and O–H groups in total. The Kier molecular flexibility index (Phi) is 4.65. The average Bonchev–Trinajstić information content (AvgIpc) is 2.85. The average molecular weight is 337 g/mol. The Balaban J connectivity index is 1.83. The summed E-state index contributed by atoms with van der Waals surface area (Å²) >= 11 is 0. The second-order valence-corrected chi connectivity index (χ2v) is 6.12. The van der Waals surface area contributed by atoms with Crippen LogP contribution in [0.4, 0.5) is 10.1 Å². The second-order valence-electron chi connectivity index (χ2n) is 6.12. The molecule has 0 bridgehead atoms. The third-order valence-corrected chi connectivity index (χ3v) is 4.19. The van der Waals surface area contributed by atoms with Crippen molar-refractivity contribution in [2.75, 3.05) is 5.32 Å². The zero-order valence-electron chi connectivity index (χ0n) is 14.5. The van der Waals surface area contributed by atoms with Gasteiger partial charge in [0.15, 0.2) is 0 Å². The van der Waals surface area contributed by atoms with E-state index in [1.54, 1.807) is 12.1 Å². The van der Waals surface area contributed by atoms with E-state index in [9.17, 15) is 9.18 Å². The molecule has 0 saturated carbocycles. The van der Waals surface area contributed by atoms with E-state index in [0.717, 1.165) is 11.3 Å². The fraction of sp³-hybridized carbons (Fsp3) is 0.200. The topological polar surface area (TPSA) is 46.9 Å². The molecule has 3 aromatic rings. The predicted molar refractivity (Wildman–Crippen MR) is 96.3 cm³/mol. The molecular formula is C20H20FN3O. The zero-order chi connectivity index (χ0) is 18.0. The van der Waals surface area contributed by atoms with Gasteiger partial charge in [0.05, 0.1) is 29.2 Å². The van der Waals surface area contributed by atoms with E-state index >= 15 is 0 Å². The van der Waals surface area contributed by atoms with Crippen LogP contribution in [0.5, 0.6) is 0 Å². The molecule has 0 atom stereocenters. The molecule has 3 rings (SSSR count). The molecule has 1 amide bonds. The summed E-state index contributed by atoms with van der Waals surface area (Å²) in [5, 5.41) is 7.29. The number of nitrogens with one attached hydrogen (secondary N) is 1. The Labute approximate surface area is 146 Å². The lowest BCUT2D eigenvalue weighted by Crippen LogP contribution is -2.15. The summed E-state index contributed by atoms with van der Waals surface area (Å²) in [5.41, 5.74) is 4.52. The van der Waals surface area contributed by atoms with Gasteiger partial charge in [-0.15, -0.1) is 0 Å². The molecular weight excluding hydrogens is 317 g/mol. The van der Waals surface area contributed by atoms with Gasteiger partial charge in [0.2, 0.25) is 0 Å². The summed E-state index contributed by atoms with van der Waals surface area (Å²) in [6, 6.07) is 14.2. The van der Waals surface area contributed by atoms with Gasteiger partial charge in [-0.3, -0.25) is 9.48 Å². The molecule has 0 aliphatic heterocycles. The number of hydrogen-bond donors (Lipinski definition) is 1. The highest BCUT2D eigenvalue weighted by molar-refractivity contribution is 6.05. The van der Waals surface area contributed by atoms with Crippen LogP contribution in [0.15, 0.2) is 48.5 Å². The largest absolute Gasteiger partial charge is 0.319 e. The van der Waals surface area contributed by atoms with Crippen LogP contribution in [0.25, 0.3) is 0 Å². The first-order valence-corrected chi connectivity index (χ1v) is 8.11. The minimum Gasteiger partial charge on any atom is -0.319 e. The Morgan fingerprint density at radius 2 is 1.76 bits per heavy atom. The van der Waals surface area contributed by atoms with Crippen LogP contribution in [-0.2, 0) is 6.54 Å². The van der Waals surface area contributed by atoms with Gasteiger partial charge < -0.3 is 5.32 Å². The molecule has 5 heteroatoms. The van der Waals surface area contributed by atoms with Crippen molar-refractivity contribution in [1.29, 1.82) is 0 Å². The van der Waals surface area contributed by atoms with E-state index in [2.05, 4.69) is 34.7 Å². The van der Waals surface area contributed by atoms with E-state index in [1.165, 1.54) is 17.7 Å². The fourth-order valence-corrected chi connectivity index (χ4v) is 2.72. The first-order valence-electron chi connectivity index (χ1n) is 8.11. The fourth-order valence-electron chi connectivity index (χ4n) is 2.72. The monoisotopic (exact) mass is 337 g/mol. The number of benzene rings is 2. The summed E-state index contributed by atoms with van der Waals surface area (Å²) < 4.78 is 15.6. The number of carbonyl (C=O) groups is 1. The van der Waals surface area contributed by atoms with E-state index in [1.807, 2.05) is 25.5 Å². The Morgan fingerprint density at radius 1 is 1.08 bits per heavy atom. The maximum absolute atomic E-state index is 13.8. The van der Waals surface area contributed by atoms with Gasteiger partial charge in [0, 0.05) is 0 Å². The van der Waals surface area contributed by atoms with Crippen molar-refractivity contribution in [2.24, 2.45) is 0 Å². The molecule has 128 valence electrons. The van der Waals surface area contributed by atoms with Crippen LogP contribution in [0.1, 0.15) is 32.9 Å². The minimum absolute atomic E-state index is 0.0209. The van der Waals surface area contributed by atoms with Crippen molar-refractivity contribution >= 4 is 11.6 Å². The summed E-state index contributed by atoms with van der Waals surface area (Å²) in [5.74, 6) is -1.01. The predicted octanol–water partition coefficient (Wildman–Crippen LogP) is 4.25. The van der Waals surface area contributed by atoms with Gasteiger partial charge in [-0.25, -0.2) is 4.39 Å². The summed E-state index contributed by atoms with van der Waals surface area (Å²) in [6.07, 6.45) is 0. The first kappa shape index (κ1) is 16.9. The molecule has 0 aliphatic rings. The highest BCUT2D eigenvalue weighted by Crippen LogP contribution is 2.22. The van der Waals surface area contributed by atoms with Crippen molar-refractivity contribution in [3.05, 3.63) is 82.4 Å². The highest BCUT2D eigenvalue weighted by atomic mass is 19.1. The van der Waals surface area contributed by atoms with Crippen molar-refractivity contribution in [3.8, 4) is 0 Å². The number of carbonyl (C=O) groups excluding carboxylic acids is 1. The van der Waals surface area contributed by atoms with Crippen LogP contribution < -0.4 is 5.32 Å². The second kappa shape index (κ2) is 6.89. The quantitative estimate of drug-likeness (QED) is 0.774. The number of aryl methyl sites for hydroxylation is 2. The Morgan fingerprint density at radius 3 is 2.44 bits per heavy atom. The van der Waals surface area contributed by atoms with Gasteiger partial charge >= 0.3 is 0 Å². The lowest BCUT2D eigenvalue weighted by molar-refractivity contribution is 0.102. The summed E-state index contributed by atoms with van der Waals surface area (Å²) in [4.78, 5) is 12.4. The maximum Gasteiger partial charge on any atom is 0.258 e. The summed E-state index contributed by atoms with van der Waals surface area (Å²) in [6.45, 7) is 6.38. The lowest BCUT2D eigenvalue weighted by Gasteiger charge is -2.08. The summed E-state index contributed by atoms with van der Waals surface area (Å²) in [7, 11) is 0. The molecule has 0 unspecified atom stereocenters. The Hall–Kier alpha value is -2.95. The van der Waals surface area contributed by atoms with Crippen molar-refractivity contribution in [1.82, 2.24) is 9.78 Å². The van der Waals surface area contributed by atoms with Gasteiger partial charge in [-0.2, -0.15) is 5.10 Å². The van der Waals surface area contributed by atoms with Crippen LogP contribution in [0.2, 0.25) is 0 Å². The van der Waals surface area contributed by atoms with E-state index in [-0.39, 0.29) is 5.56 Å². The Bertz CT molecular complexity index is 913. The maximum atomic E-state index is 13.8. The van der Waals surface area contributed by atoms with Gasteiger partial charge in [-0.1, -0.05) is 42.0 Å². The highest BCUT2D eigenvalue weighted by Gasteiger charge is 2.17. The van der Waals surface area contributed by atoms with Crippen molar-refractivity contribution in [2.45, 2.75) is 27.3 Å². The number of anilines is 1. The number of hydrogen-bond acceptors (Lipinski definition) is 2. The lowest BCUT2D eigenvalue weighted by atomic mass is 10.1. The van der Waals surface area contributed by atoms with E-state index in [0.29, 0.717) is 17.9 Å². The molecule has 4 nitrogen and oxygen atoms in total. The molecule has 0 radical (unpaired) electrons. The number of halogens is 1. The third-order valence-electron chi connectivity index (χ3n) is 4.19. The third kappa shape index (κ3) is 3.60. The molecule has 2 aromatic carbocycles. The van der Waals surface area contributed by atoms with Gasteiger partial charge in [0.25, 0.3) is 5.91 Å². The standard InChI is InChI=1S/C20H20FN3O/c1-13-8-10-16(11-9-13)12-24-15(3)19(14(2)23-24)22-20(25)17-6-4-5-7-18(17)21/h4-11H,12H2,1-3H3,(H,22,25). The van der Waals surface area contributed by atoms with Crippen LogP contribution in [-0.4, -0.2) is 15.7 Å². The van der Waals surface area contributed by atoms with Crippen LogP contribution >= 0.6 is 0 Å². The number of rotatable bonds is 4. The first-order chi connectivity index (χ1) is 12.0. The molecule has 0 saturated heterocycles. The van der Waals surface area contributed by atoms with E-state index in [4.69, 9.17) is 0 Å². The van der Waals surface area contributed by atoms with Crippen LogP contribution in [0.3, 0.4) is 0 Å². The van der Waals surface area contributed by atoms with Crippen molar-refractivity contribution in [3.63, 3.8) is 0 Å². The zero-order valence-corrected chi connectivity index (χ0v) is 14.5. The molecule has 1 heterocycles. The molecule has 25 heavy (non-hydrogen) atoms. The van der Waals surface area contributed by atoms with Gasteiger partial charge in [0.1, 0.15) is 5.82 Å².